The van der Waals surface area contributed by atoms with E-state index in [4.69, 9.17) is 0 Å². The Morgan fingerprint density at radius 2 is 1.89 bits per heavy atom. The molecule has 3 aromatic rings. The highest BCUT2D eigenvalue weighted by atomic mass is 16.2. The Morgan fingerprint density at radius 1 is 1.03 bits per heavy atom. The Bertz CT molecular complexity index is 1330. The molecule has 0 saturated carbocycles. The molecule has 6 rings (SSSR count). The van der Waals surface area contributed by atoms with Gasteiger partial charge in [0.2, 0.25) is 0 Å². The van der Waals surface area contributed by atoms with Crippen LogP contribution in [0.15, 0.2) is 42.7 Å². The molecule has 1 aromatic carbocycles. The predicted octanol–water partition coefficient (Wildman–Crippen LogP) is 3.97. The Kier molecular flexibility index (Phi) is 5.49. The van der Waals surface area contributed by atoms with E-state index in [9.17, 15) is 9.59 Å². The molecular weight excluding hydrogens is 438 g/mol. The summed E-state index contributed by atoms with van der Waals surface area (Å²) in [7, 11) is 0. The van der Waals surface area contributed by atoms with Crippen molar-refractivity contribution in [3.05, 3.63) is 70.8 Å². The first-order chi connectivity index (χ1) is 17.1. The van der Waals surface area contributed by atoms with Gasteiger partial charge in [0.15, 0.2) is 0 Å². The number of aromatic nitrogens is 2. The molecule has 0 atom stereocenters. The SMILES string of the molecule is Cc1c(C=C2C(=O)Nc3cccc(-c4cccnc4)c32)[nH]c2c1C(=O)N(CCN1CCCC1)CC2. The molecule has 3 aliphatic heterocycles. The second kappa shape index (κ2) is 8.82. The van der Waals surface area contributed by atoms with Crippen molar-refractivity contribution in [2.45, 2.75) is 26.2 Å². The maximum Gasteiger partial charge on any atom is 0.256 e. The van der Waals surface area contributed by atoms with E-state index in [0.717, 1.165) is 84.0 Å². The maximum absolute atomic E-state index is 13.4. The number of benzene rings is 1. The predicted molar refractivity (Wildman–Crippen MR) is 137 cm³/mol. The summed E-state index contributed by atoms with van der Waals surface area (Å²) in [5, 5.41) is 3.00. The lowest BCUT2D eigenvalue weighted by Gasteiger charge is -2.29. The number of carbonyl (C=O) groups excluding carboxylic acids is 2. The number of aromatic amines is 1. The number of amides is 2. The van der Waals surface area contributed by atoms with Gasteiger partial charge in [-0.05, 0) is 62.2 Å². The van der Waals surface area contributed by atoms with Crippen LogP contribution in [0.25, 0.3) is 22.8 Å². The van der Waals surface area contributed by atoms with Gasteiger partial charge in [-0.3, -0.25) is 14.6 Å². The molecule has 5 heterocycles. The van der Waals surface area contributed by atoms with Crippen molar-refractivity contribution in [1.82, 2.24) is 19.8 Å². The van der Waals surface area contributed by atoms with Crippen molar-refractivity contribution in [3.63, 3.8) is 0 Å². The number of nitrogens with one attached hydrogen (secondary N) is 2. The van der Waals surface area contributed by atoms with Gasteiger partial charge in [0.05, 0.1) is 11.1 Å². The fraction of sp³-hybridized carbons (Fsp3) is 0.321. The topological polar surface area (TPSA) is 81.3 Å². The average Bonchev–Trinajstić information content (AvgIpc) is 3.58. The lowest BCUT2D eigenvalue weighted by atomic mass is 9.95. The monoisotopic (exact) mass is 467 g/mol. The molecule has 2 N–H and O–H groups in total. The zero-order valence-corrected chi connectivity index (χ0v) is 19.9. The molecule has 1 fully saturated rings. The minimum Gasteiger partial charge on any atom is -0.358 e. The third-order valence-corrected chi connectivity index (χ3v) is 7.47. The fourth-order valence-electron chi connectivity index (χ4n) is 5.58. The number of likely N-dealkylation sites (tertiary alicyclic amines) is 1. The minimum absolute atomic E-state index is 0.0937. The first-order valence-electron chi connectivity index (χ1n) is 12.4. The minimum atomic E-state index is -0.137. The summed E-state index contributed by atoms with van der Waals surface area (Å²) in [6, 6.07) is 9.77. The van der Waals surface area contributed by atoms with Gasteiger partial charge in [0.25, 0.3) is 11.8 Å². The van der Waals surface area contributed by atoms with Gasteiger partial charge >= 0.3 is 0 Å². The summed E-state index contributed by atoms with van der Waals surface area (Å²) in [5.74, 6) is -0.0435. The molecule has 0 bridgehead atoms. The quantitative estimate of drug-likeness (QED) is 0.557. The van der Waals surface area contributed by atoms with Crippen molar-refractivity contribution in [2.24, 2.45) is 0 Å². The van der Waals surface area contributed by atoms with Crippen molar-refractivity contribution < 1.29 is 9.59 Å². The Hall–Kier alpha value is -3.71. The van der Waals surface area contributed by atoms with E-state index in [1.165, 1.54) is 12.8 Å². The van der Waals surface area contributed by atoms with Crippen LogP contribution in [0.2, 0.25) is 0 Å². The average molecular weight is 468 g/mol. The van der Waals surface area contributed by atoms with Crippen LogP contribution in [0, 0.1) is 6.92 Å². The third kappa shape index (κ3) is 3.86. The maximum atomic E-state index is 13.4. The number of pyridine rings is 1. The van der Waals surface area contributed by atoms with Crippen LogP contribution >= 0.6 is 0 Å². The Labute approximate surface area is 204 Å². The molecule has 2 amide bonds. The first kappa shape index (κ1) is 21.8. The van der Waals surface area contributed by atoms with Gasteiger partial charge in [0, 0.05) is 66.7 Å². The van der Waals surface area contributed by atoms with Crippen LogP contribution in [0.1, 0.15) is 45.7 Å². The van der Waals surface area contributed by atoms with Crippen molar-refractivity contribution in [1.29, 1.82) is 0 Å². The second-order valence-electron chi connectivity index (χ2n) is 9.59. The van der Waals surface area contributed by atoms with E-state index in [1.54, 1.807) is 6.20 Å². The van der Waals surface area contributed by atoms with Crippen LogP contribution in [0.3, 0.4) is 0 Å². The molecule has 2 aromatic heterocycles. The summed E-state index contributed by atoms with van der Waals surface area (Å²) in [6.07, 6.45) is 8.76. The third-order valence-electron chi connectivity index (χ3n) is 7.47. The van der Waals surface area contributed by atoms with Gasteiger partial charge < -0.3 is 20.1 Å². The normalized spacial score (nSPS) is 18.8. The lowest BCUT2D eigenvalue weighted by Crippen LogP contribution is -2.42. The van der Waals surface area contributed by atoms with Crippen LogP contribution in [0.5, 0.6) is 0 Å². The molecule has 0 radical (unpaired) electrons. The van der Waals surface area contributed by atoms with Gasteiger partial charge in [-0.1, -0.05) is 18.2 Å². The van der Waals surface area contributed by atoms with E-state index in [0.29, 0.717) is 5.57 Å². The summed E-state index contributed by atoms with van der Waals surface area (Å²) >= 11 is 0. The highest BCUT2D eigenvalue weighted by Crippen LogP contribution is 2.40. The van der Waals surface area contributed by atoms with Gasteiger partial charge in [-0.15, -0.1) is 0 Å². The molecule has 0 unspecified atom stereocenters. The van der Waals surface area contributed by atoms with Gasteiger partial charge in [-0.2, -0.15) is 0 Å². The zero-order chi connectivity index (χ0) is 23.9. The van der Waals surface area contributed by atoms with E-state index in [-0.39, 0.29) is 11.8 Å². The number of H-pyrrole nitrogens is 1. The highest BCUT2D eigenvalue weighted by Gasteiger charge is 2.31. The number of anilines is 1. The van der Waals surface area contributed by atoms with E-state index in [1.807, 2.05) is 54.4 Å². The molecule has 178 valence electrons. The van der Waals surface area contributed by atoms with Crippen LogP contribution < -0.4 is 5.32 Å². The number of nitrogens with zero attached hydrogens (tertiary/aromatic N) is 3. The summed E-state index contributed by atoms with van der Waals surface area (Å²) in [4.78, 5) is 38.5. The molecule has 0 aliphatic carbocycles. The van der Waals surface area contributed by atoms with Crippen molar-refractivity contribution >= 4 is 29.2 Å². The Morgan fingerprint density at radius 3 is 2.69 bits per heavy atom. The first-order valence-corrected chi connectivity index (χ1v) is 12.4. The smallest absolute Gasteiger partial charge is 0.256 e. The van der Waals surface area contributed by atoms with Gasteiger partial charge in [-0.25, -0.2) is 0 Å². The summed E-state index contributed by atoms with van der Waals surface area (Å²) in [5.41, 5.74) is 7.64. The standard InChI is InChI=1S/C28H29N5O2/c1-18-24(30-23-9-13-33(28(35)25(18)23)15-14-32-11-2-3-12-32)16-21-26-20(19-6-5-10-29-17-19)7-4-8-22(26)31-27(21)34/h4-8,10,16-17,30H,2-3,9,11-15H2,1H3,(H,31,34). The van der Waals surface area contributed by atoms with Crippen LogP contribution in [-0.4, -0.2) is 64.3 Å². The fourth-order valence-corrected chi connectivity index (χ4v) is 5.58. The summed E-state index contributed by atoms with van der Waals surface area (Å²) < 4.78 is 0. The molecule has 3 aliphatic rings. The zero-order valence-electron chi connectivity index (χ0n) is 19.9. The molecular formula is C28H29N5O2. The van der Waals surface area contributed by atoms with Crippen LogP contribution in [-0.2, 0) is 11.2 Å². The van der Waals surface area contributed by atoms with E-state index in [2.05, 4.69) is 20.2 Å². The van der Waals surface area contributed by atoms with Crippen molar-refractivity contribution in [3.8, 4) is 11.1 Å². The largest absolute Gasteiger partial charge is 0.358 e. The molecule has 1 saturated heterocycles. The van der Waals surface area contributed by atoms with Crippen LogP contribution in [0.4, 0.5) is 5.69 Å². The molecule has 7 nitrogen and oxygen atoms in total. The van der Waals surface area contributed by atoms with E-state index < -0.39 is 0 Å². The number of rotatable bonds is 5. The highest BCUT2D eigenvalue weighted by molar-refractivity contribution is 6.36. The Balaban J connectivity index is 1.33. The second-order valence-corrected chi connectivity index (χ2v) is 9.59. The molecule has 7 heteroatoms. The number of carbonyl (C=O) groups is 2. The number of fused-ring (bicyclic) bond motifs is 2. The molecule has 0 spiro atoms. The number of hydrogen-bond donors (Lipinski definition) is 2. The molecule has 35 heavy (non-hydrogen) atoms. The van der Waals surface area contributed by atoms with Crippen molar-refractivity contribution in [2.75, 3.05) is 38.0 Å². The number of hydrogen-bond acceptors (Lipinski definition) is 4. The van der Waals surface area contributed by atoms with E-state index >= 15 is 0 Å². The summed E-state index contributed by atoms with van der Waals surface area (Å²) in [6.45, 7) is 6.69. The van der Waals surface area contributed by atoms with Gasteiger partial charge in [0.1, 0.15) is 0 Å². The lowest BCUT2D eigenvalue weighted by molar-refractivity contribution is -0.110.